The zero-order valence-corrected chi connectivity index (χ0v) is 12.3. The number of tetrazole rings is 1. The molecule has 0 aliphatic carbocycles. The number of hydrogen-bond acceptors (Lipinski definition) is 4. The topological polar surface area (TPSA) is 69.6 Å². The summed E-state index contributed by atoms with van der Waals surface area (Å²) in [4.78, 5) is 1.23. The molecule has 0 amide bonds. The lowest BCUT2D eigenvalue weighted by molar-refractivity contribution is 0.614. The van der Waals surface area contributed by atoms with Crippen molar-refractivity contribution in [1.82, 2.24) is 20.2 Å². The number of nitrogens with zero attached hydrogens (tertiary/aromatic N) is 4. The normalized spacial score (nSPS) is 10.7. The lowest BCUT2D eigenvalue weighted by Gasteiger charge is -2.04. The molecular formula is C13H9FIN5. The van der Waals surface area contributed by atoms with Crippen molar-refractivity contribution in [2.75, 3.05) is 5.73 Å². The van der Waals surface area contributed by atoms with Crippen molar-refractivity contribution in [3.05, 3.63) is 51.9 Å². The second-order valence-corrected chi connectivity index (χ2v) is 5.26. The van der Waals surface area contributed by atoms with Crippen LogP contribution < -0.4 is 5.73 Å². The largest absolute Gasteiger partial charge is 0.397 e. The first-order chi connectivity index (χ1) is 9.65. The Hall–Kier alpha value is -2.03. The van der Waals surface area contributed by atoms with Crippen LogP contribution in [0.1, 0.15) is 0 Å². The number of hydrogen-bond donors (Lipinski definition) is 1. The monoisotopic (exact) mass is 381 g/mol. The predicted octanol–water partition coefficient (Wildman–Crippen LogP) is 2.66. The van der Waals surface area contributed by atoms with E-state index in [-0.39, 0.29) is 5.82 Å². The van der Waals surface area contributed by atoms with Crippen molar-refractivity contribution in [2.45, 2.75) is 0 Å². The van der Waals surface area contributed by atoms with Gasteiger partial charge in [-0.2, -0.15) is 0 Å². The Balaban J connectivity index is 2.05. The van der Waals surface area contributed by atoms with Gasteiger partial charge in [0.15, 0.2) is 0 Å². The number of aromatic nitrogens is 4. The van der Waals surface area contributed by atoms with E-state index < -0.39 is 0 Å². The van der Waals surface area contributed by atoms with Gasteiger partial charge in [0, 0.05) is 11.6 Å². The molecule has 0 unspecified atom stereocenters. The molecule has 3 rings (SSSR count). The van der Waals surface area contributed by atoms with Crippen LogP contribution in [0.3, 0.4) is 0 Å². The predicted molar refractivity (Wildman–Crippen MR) is 81.7 cm³/mol. The number of anilines is 1. The highest BCUT2D eigenvalue weighted by atomic mass is 127. The third-order valence-electron chi connectivity index (χ3n) is 2.73. The van der Waals surface area contributed by atoms with E-state index in [0.717, 1.165) is 5.56 Å². The Morgan fingerprint density at radius 1 is 1.15 bits per heavy atom. The summed E-state index contributed by atoms with van der Waals surface area (Å²) in [5.41, 5.74) is 7.48. The van der Waals surface area contributed by atoms with E-state index >= 15 is 0 Å². The minimum Gasteiger partial charge on any atom is -0.397 e. The Bertz CT molecular complexity index is 757. The highest BCUT2D eigenvalue weighted by molar-refractivity contribution is 14.1. The molecule has 20 heavy (non-hydrogen) atoms. The Labute approximate surface area is 127 Å². The standard InChI is InChI=1S/C13H9FIN5/c14-9-6-12(11(16)7-10(9)15)20-18-13(17-19-20)8-4-2-1-3-5-8/h1-7H,16H2. The van der Waals surface area contributed by atoms with Gasteiger partial charge in [-0.1, -0.05) is 30.3 Å². The van der Waals surface area contributed by atoms with E-state index in [2.05, 4.69) is 15.4 Å². The maximum absolute atomic E-state index is 13.6. The highest BCUT2D eigenvalue weighted by Gasteiger charge is 2.12. The summed E-state index contributed by atoms with van der Waals surface area (Å²) in [6.07, 6.45) is 0. The lowest BCUT2D eigenvalue weighted by Crippen LogP contribution is -2.05. The molecule has 5 nitrogen and oxygen atoms in total. The Kier molecular flexibility index (Phi) is 3.35. The van der Waals surface area contributed by atoms with Crippen molar-refractivity contribution in [3.8, 4) is 17.1 Å². The zero-order valence-electron chi connectivity index (χ0n) is 10.2. The van der Waals surface area contributed by atoms with Gasteiger partial charge in [-0.25, -0.2) is 4.39 Å². The molecule has 0 radical (unpaired) electrons. The molecule has 0 aliphatic heterocycles. The molecule has 0 spiro atoms. The van der Waals surface area contributed by atoms with Gasteiger partial charge in [0.1, 0.15) is 11.5 Å². The van der Waals surface area contributed by atoms with Crippen molar-refractivity contribution >= 4 is 28.3 Å². The first kappa shape index (κ1) is 13.0. The molecule has 2 aromatic carbocycles. The summed E-state index contributed by atoms with van der Waals surface area (Å²) in [5.74, 6) is 0.0947. The summed E-state index contributed by atoms with van der Waals surface area (Å²) < 4.78 is 14.1. The van der Waals surface area contributed by atoms with Crippen LogP contribution in [0.2, 0.25) is 0 Å². The number of nitrogens with two attached hydrogens (primary N) is 1. The molecule has 3 aromatic rings. The van der Waals surface area contributed by atoms with Crippen molar-refractivity contribution < 1.29 is 4.39 Å². The van der Waals surface area contributed by atoms with Crippen LogP contribution in [0, 0.1) is 9.39 Å². The van der Waals surface area contributed by atoms with Gasteiger partial charge in [-0.3, -0.25) is 0 Å². The molecular weight excluding hydrogens is 372 g/mol. The quantitative estimate of drug-likeness (QED) is 0.548. The number of rotatable bonds is 2. The molecule has 0 saturated carbocycles. The fourth-order valence-electron chi connectivity index (χ4n) is 1.74. The van der Waals surface area contributed by atoms with Crippen LogP contribution in [-0.2, 0) is 0 Å². The second-order valence-electron chi connectivity index (χ2n) is 4.09. The number of nitrogen functional groups attached to an aromatic ring is 1. The smallest absolute Gasteiger partial charge is 0.205 e. The van der Waals surface area contributed by atoms with Crippen LogP contribution in [0.5, 0.6) is 0 Å². The first-order valence-electron chi connectivity index (χ1n) is 5.75. The molecule has 0 bridgehead atoms. The molecule has 1 aromatic heterocycles. The third kappa shape index (κ3) is 2.36. The fraction of sp³-hybridized carbons (Fsp3) is 0. The van der Waals surface area contributed by atoms with Crippen molar-refractivity contribution in [1.29, 1.82) is 0 Å². The average molecular weight is 381 g/mol. The highest BCUT2D eigenvalue weighted by Crippen LogP contribution is 2.22. The van der Waals surface area contributed by atoms with E-state index in [4.69, 9.17) is 5.73 Å². The molecule has 1 heterocycles. The second kappa shape index (κ2) is 5.16. The number of halogens is 2. The SMILES string of the molecule is Nc1cc(I)c(F)cc1-n1nnc(-c2ccccc2)n1. The van der Waals surface area contributed by atoms with Crippen LogP contribution >= 0.6 is 22.6 Å². The van der Waals surface area contributed by atoms with E-state index in [9.17, 15) is 4.39 Å². The van der Waals surface area contributed by atoms with Gasteiger partial charge < -0.3 is 5.73 Å². The molecule has 0 atom stereocenters. The summed E-state index contributed by atoms with van der Waals surface area (Å²) in [7, 11) is 0. The molecule has 0 fully saturated rings. The summed E-state index contributed by atoms with van der Waals surface area (Å²) in [6.45, 7) is 0. The molecule has 7 heteroatoms. The van der Waals surface area contributed by atoms with Gasteiger partial charge in [0.05, 0.1) is 9.26 Å². The van der Waals surface area contributed by atoms with Crippen LogP contribution in [0.4, 0.5) is 10.1 Å². The number of benzene rings is 2. The lowest BCUT2D eigenvalue weighted by atomic mass is 10.2. The van der Waals surface area contributed by atoms with Gasteiger partial charge in [-0.15, -0.1) is 15.0 Å². The molecule has 0 aliphatic rings. The van der Waals surface area contributed by atoms with Crippen LogP contribution in [0.15, 0.2) is 42.5 Å². The zero-order chi connectivity index (χ0) is 14.1. The van der Waals surface area contributed by atoms with Crippen molar-refractivity contribution in [2.24, 2.45) is 0 Å². The molecule has 2 N–H and O–H groups in total. The minimum atomic E-state index is -0.367. The maximum atomic E-state index is 13.6. The van der Waals surface area contributed by atoms with Gasteiger partial charge >= 0.3 is 0 Å². The Morgan fingerprint density at radius 2 is 1.90 bits per heavy atom. The van der Waals surface area contributed by atoms with E-state index in [0.29, 0.717) is 20.8 Å². The minimum absolute atomic E-state index is 0.367. The van der Waals surface area contributed by atoms with Crippen LogP contribution in [0.25, 0.3) is 17.1 Å². The van der Waals surface area contributed by atoms with Gasteiger partial charge in [0.2, 0.25) is 5.82 Å². The van der Waals surface area contributed by atoms with Crippen LogP contribution in [-0.4, -0.2) is 20.2 Å². The van der Waals surface area contributed by atoms with Gasteiger partial charge in [0.25, 0.3) is 0 Å². The van der Waals surface area contributed by atoms with Crippen molar-refractivity contribution in [3.63, 3.8) is 0 Å². The average Bonchev–Trinajstić information content (AvgIpc) is 2.93. The van der Waals surface area contributed by atoms with E-state index in [1.165, 1.54) is 16.9 Å². The van der Waals surface area contributed by atoms with E-state index in [1.807, 2.05) is 52.9 Å². The third-order valence-corrected chi connectivity index (χ3v) is 3.56. The molecule has 100 valence electrons. The summed E-state index contributed by atoms with van der Waals surface area (Å²) in [5, 5.41) is 12.1. The Morgan fingerprint density at radius 3 is 2.65 bits per heavy atom. The fourth-order valence-corrected chi connectivity index (χ4v) is 2.24. The first-order valence-corrected chi connectivity index (χ1v) is 6.83. The molecule has 0 saturated heterocycles. The van der Waals surface area contributed by atoms with E-state index in [1.54, 1.807) is 0 Å². The summed E-state index contributed by atoms with van der Waals surface area (Å²) in [6, 6.07) is 12.3. The summed E-state index contributed by atoms with van der Waals surface area (Å²) >= 11 is 1.88. The maximum Gasteiger partial charge on any atom is 0.205 e. The van der Waals surface area contributed by atoms with Gasteiger partial charge in [-0.05, 0) is 33.9 Å².